The summed E-state index contributed by atoms with van der Waals surface area (Å²) in [7, 11) is 1.80. The van der Waals surface area contributed by atoms with Crippen LogP contribution >= 0.6 is 23.2 Å². The number of aromatic nitrogens is 2. The number of hydrogen-bond acceptors (Lipinski definition) is 3. The molecule has 1 aromatic carbocycles. The van der Waals surface area contributed by atoms with Crippen molar-refractivity contribution in [3.05, 3.63) is 57.0 Å². The van der Waals surface area contributed by atoms with Crippen LogP contribution in [-0.4, -0.2) is 46.9 Å². The second-order valence-electron chi connectivity index (χ2n) is 7.97. The minimum atomic E-state index is -0.0926. The van der Waals surface area contributed by atoms with Crippen LogP contribution < -0.4 is 10.7 Å². The van der Waals surface area contributed by atoms with E-state index in [9.17, 15) is 4.79 Å². The molecule has 1 aromatic heterocycles. The Kier molecular flexibility index (Phi) is 6.16. The van der Waals surface area contributed by atoms with Gasteiger partial charge in [0.05, 0.1) is 11.8 Å². The molecule has 1 aliphatic heterocycles. The summed E-state index contributed by atoms with van der Waals surface area (Å²) in [5, 5.41) is 8.32. The summed E-state index contributed by atoms with van der Waals surface area (Å²) >= 11 is 13.1. The molecule has 0 spiro atoms. The molecule has 8 heteroatoms. The molecule has 0 saturated carbocycles. The summed E-state index contributed by atoms with van der Waals surface area (Å²) in [6.45, 7) is 0.784. The normalized spacial score (nSPS) is 22.2. The third kappa shape index (κ3) is 3.98. The van der Waals surface area contributed by atoms with Crippen molar-refractivity contribution in [2.75, 3.05) is 13.6 Å². The summed E-state index contributed by atoms with van der Waals surface area (Å²) in [5.74, 6) is 0.110. The van der Waals surface area contributed by atoms with Crippen LogP contribution in [0, 0.1) is 5.92 Å². The number of aryl methyl sites for hydroxylation is 1. The first-order valence-electron chi connectivity index (χ1n) is 10.2. The highest BCUT2D eigenvalue weighted by molar-refractivity contribution is 6.36. The first-order chi connectivity index (χ1) is 14.5. The Bertz CT molecular complexity index is 990. The highest BCUT2D eigenvalue weighted by atomic mass is 35.5. The van der Waals surface area contributed by atoms with Crippen LogP contribution in [0.1, 0.15) is 35.2 Å². The summed E-state index contributed by atoms with van der Waals surface area (Å²) in [4.78, 5) is 18.2. The maximum absolute atomic E-state index is 13.2. The molecule has 158 valence electrons. The molecular formula is C22H26Cl2N5O+. The molecule has 4 rings (SSSR count). The van der Waals surface area contributed by atoms with Crippen molar-refractivity contribution in [2.24, 2.45) is 11.7 Å². The van der Waals surface area contributed by atoms with Crippen molar-refractivity contribution in [1.29, 1.82) is 0 Å². The standard InChI is InChI=1S/C22H25Cl2N5O/c1-26-11-16(10-25)14-8-19(23)18(20(24)9-14)7-13-4-5-29(22(13)30)17-2-3-21-15(6-17)12-27-28-21/h8-13,17H,2-7,25H2,1H3,(H,27,28)/p+1. The first-order valence-corrected chi connectivity index (χ1v) is 11.0. The number of fused-ring (bicyclic) bond motifs is 1. The van der Waals surface area contributed by atoms with E-state index in [0.717, 1.165) is 48.9 Å². The Morgan fingerprint density at radius 1 is 1.37 bits per heavy atom. The van der Waals surface area contributed by atoms with Crippen molar-refractivity contribution in [3.63, 3.8) is 0 Å². The number of allylic oxidation sites excluding steroid dienone is 1. The van der Waals surface area contributed by atoms with Crippen LogP contribution in [0.25, 0.3) is 5.57 Å². The third-order valence-corrected chi connectivity index (χ3v) is 6.86. The van der Waals surface area contributed by atoms with E-state index in [-0.39, 0.29) is 17.9 Å². The van der Waals surface area contributed by atoms with Gasteiger partial charge in [-0.25, -0.2) is 0 Å². The predicted molar refractivity (Wildman–Crippen MR) is 120 cm³/mol. The molecule has 2 atom stereocenters. The van der Waals surface area contributed by atoms with Crippen molar-refractivity contribution in [3.8, 4) is 0 Å². The Labute approximate surface area is 186 Å². The van der Waals surface area contributed by atoms with E-state index in [1.807, 2.05) is 23.2 Å². The Balaban J connectivity index is 1.48. The quantitative estimate of drug-likeness (QED) is 0.611. The van der Waals surface area contributed by atoms with Crippen molar-refractivity contribution in [2.45, 2.75) is 38.1 Å². The van der Waals surface area contributed by atoms with Gasteiger partial charge in [0.1, 0.15) is 7.05 Å². The fourth-order valence-electron chi connectivity index (χ4n) is 4.57. The van der Waals surface area contributed by atoms with Gasteiger partial charge in [-0.1, -0.05) is 23.2 Å². The summed E-state index contributed by atoms with van der Waals surface area (Å²) in [6, 6.07) is 3.96. The van der Waals surface area contributed by atoms with Gasteiger partial charge in [0.2, 0.25) is 5.91 Å². The lowest BCUT2D eigenvalue weighted by molar-refractivity contribution is -0.412. The molecule has 6 nitrogen and oxygen atoms in total. The number of likely N-dealkylation sites (tertiary alicyclic amines) is 1. The van der Waals surface area contributed by atoms with Crippen LogP contribution in [0.2, 0.25) is 10.0 Å². The molecule has 0 bridgehead atoms. The molecule has 1 saturated heterocycles. The van der Waals surface area contributed by atoms with Gasteiger partial charge in [-0.15, -0.1) is 0 Å². The Morgan fingerprint density at radius 3 is 2.83 bits per heavy atom. The number of carbonyl (C=O) groups excluding carboxylic acids is 1. The summed E-state index contributed by atoms with van der Waals surface area (Å²) < 4.78 is 0. The summed E-state index contributed by atoms with van der Waals surface area (Å²) in [6.07, 6.45) is 9.33. The number of amides is 1. The van der Waals surface area contributed by atoms with Gasteiger partial charge in [-0.2, -0.15) is 5.10 Å². The molecule has 2 heterocycles. The number of nitrogens with two attached hydrogens (primary N) is 1. The molecule has 30 heavy (non-hydrogen) atoms. The second kappa shape index (κ2) is 8.82. The maximum atomic E-state index is 13.2. The molecule has 1 aliphatic carbocycles. The van der Waals surface area contributed by atoms with E-state index in [1.165, 1.54) is 17.5 Å². The van der Waals surface area contributed by atoms with Crippen molar-refractivity contribution in [1.82, 2.24) is 15.1 Å². The summed E-state index contributed by atoms with van der Waals surface area (Å²) in [5.41, 5.74) is 10.6. The highest BCUT2D eigenvalue weighted by Crippen LogP contribution is 2.35. The highest BCUT2D eigenvalue weighted by Gasteiger charge is 2.37. The van der Waals surface area contributed by atoms with E-state index in [2.05, 4.69) is 15.2 Å². The average Bonchev–Trinajstić information content (AvgIpc) is 3.34. The molecule has 4 N–H and O–H groups in total. The Morgan fingerprint density at radius 2 is 2.13 bits per heavy atom. The monoisotopic (exact) mass is 446 g/mol. The SMILES string of the molecule is C[NH+]=CC(=CN)c1cc(Cl)c(CC2CCN(C3CCc4[nH]ncc4C3)C2=O)c(Cl)c1. The Hall–Kier alpha value is -2.31. The number of rotatable bonds is 5. The van der Waals surface area contributed by atoms with Gasteiger partial charge in [-0.05, 0) is 60.9 Å². The van der Waals surface area contributed by atoms with Crippen molar-refractivity contribution >= 4 is 40.9 Å². The molecule has 1 amide bonds. The number of halogens is 2. The fraction of sp³-hybridized carbons (Fsp3) is 0.409. The van der Waals surface area contributed by atoms with Gasteiger partial charge >= 0.3 is 0 Å². The van der Waals surface area contributed by atoms with Crippen LogP contribution in [-0.2, 0) is 24.1 Å². The number of benzene rings is 1. The zero-order chi connectivity index (χ0) is 21.3. The van der Waals surface area contributed by atoms with Gasteiger partial charge in [0.15, 0.2) is 6.21 Å². The van der Waals surface area contributed by atoms with E-state index >= 15 is 0 Å². The zero-order valence-corrected chi connectivity index (χ0v) is 18.4. The predicted octanol–water partition coefficient (Wildman–Crippen LogP) is 1.75. The maximum Gasteiger partial charge on any atom is 0.226 e. The minimum Gasteiger partial charge on any atom is -0.404 e. The molecule has 1 fully saturated rings. The van der Waals surface area contributed by atoms with Crippen LogP contribution in [0.5, 0.6) is 0 Å². The fourth-order valence-corrected chi connectivity index (χ4v) is 5.21. The minimum absolute atomic E-state index is 0.0926. The molecule has 2 aromatic rings. The van der Waals surface area contributed by atoms with Crippen LogP contribution in [0.15, 0.2) is 24.5 Å². The zero-order valence-electron chi connectivity index (χ0n) is 16.9. The smallest absolute Gasteiger partial charge is 0.226 e. The van der Waals surface area contributed by atoms with Gasteiger partial charge < -0.3 is 10.6 Å². The topological polar surface area (TPSA) is 89.0 Å². The average molecular weight is 447 g/mol. The molecule has 2 aliphatic rings. The molecular weight excluding hydrogens is 421 g/mol. The first kappa shape index (κ1) is 20.9. The number of nitrogens with zero attached hydrogens (tertiary/aromatic N) is 2. The second-order valence-corrected chi connectivity index (χ2v) is 8.78. The number of hydrogen-bond donors (Lipinski definition) is 3. The van der Waals surface area contributed by atoms with E-state index in [0.29, 0.717) is 16.5 Å². The van der Waals surface area contributed by atoms with Crippen molar-refractivity contribution < 1.29 is 9.79 Å². The van der Waals surface area contributed by atoms with E-state index in [4.69, 9.17) is 28.9 Å². The lowest BCUT2D eigenvalue weighted by Crippen LogP contribution is -2.63. The van der Waals surface area contributed by atoms with Gasteiger partial charge in [0.25, 0.3) is 0 Å². The van der Waals surface area contributed by atoms with Gasteiger partial charge in [0, 0.05) is 40.4 Å². The van der Waals surface area contributed by atoms with Crippen LogP contribution in [0.3, 0.4) is 0 Å². The van der Waals surface area contributed by atoms with E-state index < -0.39 is 0 Å². The number of carbonyl (C=O) groups is 1. The lowest BCUT2D eigenvalue weighted by atomic mass is 9.92. The van der Waals surface area contributed by atoms with Gasteiger partial charge in [-0.3, -0.25) is 14.9 Å². The number of aromatic amines is 1. The van der Waals surface area contributed by atoms with E-state index in [1.54, 1.807) is 13.3 Å². The largest absolute Gasteiger partial charge is 0.404 e. The number of H-pyrrole nitrogens is 1. The van der Waals surface area contributed by atoms with Crippen LogP contribution in [0.4, 0.5) is 0 Å². The third-order valence-electron chi connectivity index (χ3n) is 6.19. The lowest BCUT2D eigenvalue weighted by Gasteiger charge is -2.31. The molecule has 0 radical (unpaired) electrons. The molecule has 2 unspecified atom stereocenters. The number of nitrogens with one attached hydrogen (secondary N) is 2.